The van der Waals surface area contributed by atoms with Crippen LogP contribution in [0, 0.1) is 6.92 Å². The zero-order valence-corrected chi connectivity index (χ0v) is 12.1. The molecule has 0 amide bonds. The molecule has 0 bridgehead atoms. The molecule has 110 valence electrons. The van der Waals surface area contributed by atoms with Gasteiger partial charge in [-0.2, -0.15) is 0 Å². The second-order valence-corrected chi connectivity index (χ2v) is 6.72. The molecule has 0 unspecified atom stereocenters. The molecule has 2 rings (SSSR count). The van der Waals surface area contributed by atoms with E-state index in [1.54, 1.807) is 12.1 Å². The molecule has 0 atom stereocenters. The van der Waals surface area contributed by atoms with Crippen LogP contribution in [0.15, 0.2) is 47.4 Å². The van der Waals surface area contributed by atoms with Gasteiger partial charge in [-0.3, -0.25) is 0 Å². The van der Waals surface area contributed by atoms with Crippen LogP contribution >= 0.6 is 0 Å². The Balaban J connectivity index is 2.38. The van der Waals surface area contributed by atoms with E-state index in [0.29, 0.717) is 5.56 Å². The zero-order valence-electron chi connectivity index (χ0n) is 11.3. The van der Waals surface area contributed by atoms with E-state index in [1.165, 1.54) is 6.07 Å². The number of carbonyl (C=O) groups is 1. The van der Waals surface area contributed by atoms with Gasteiger partial charge in [-0.1, -0.05) is 29.8 Å². The minimum atomic E-state index is -3.67. The summed E-state index contributed by atoms with van der Waals surface area (Å²) in [6.07, 6.45) is 0. The third-order valence-corrected chi connectivity index (χ3v) is 4.72. The molecule has 0 spiro atoms. The van der Waals surface area contributed by atoms with Gasteiger partial charge in [0.25, 0.3) is 0 Å². The quantitative estimate of drug-likeness (QED) is 0.904. The van der Waals surface area contributed by atoms with E-state index in [1.807, 2.05) is 19.1 Å². The van der Waals surface area contributed by atoms with E-state index >= 15 is 0 Å². The predicted octanol–water partition coefficient (Wildman–Crippen LogP) is 2.37. The van der Waals surface area contributed by atoms with Gasteiger partial charge in [-0.15, -0.1) is 0 Å². The van der Waals surface area contributed by atoms with Crippen LogP contribution in [0.1, 0.15) is 21.5 Å². The second-order valence-electron chi connectivity index (χ2n) is 4.73. The number of carboxylic acid groups (broad SMARTS) is 1. The van der Waals surface area contributed by atoms with Crippen molar-refractivity contribution in [1.82, 2.24) is 0 Å². The Labute approximate surface area is 122 Å². The van der Waals surface area contributed by atoms with Gasteiger partial charge in [0.1, 0.15) is 11.3 Å². The minimum absolute atomic E-state index is 0.127. The lowest BCUT2D eigenvalue weighted by Crippen LogP contribution is -2.07. The van der Waals surface area contributed by atoms with Crippen molar-refractivity contribution in [3.63, 3.8) is 0 Å². The van der Waals surface area contributed by atoms with Gasteiger partial charge in [0.05, 0.1) is 10.6 Å². The van der Waals surface area contributed by atoms with Gasteiger partial charge in [0.2, 0.25) is 0 Å². The summed E-state index contributed by atoms with van der Waals surface area (Å²) >= 11 is 0. The average Bonchev–Trinajstić information content (AvgIpc) is 2.41. The van der Waals surface area contributed by atoms with Gasteiger partial charge in [0.15, 0.2) is 9.84 Å². The lowest BCUT2D eigenvalue weighted by molar-refractivity contribution is 0.0693. The van der Waals surface area contributed by atoms with E-state index in [0.717, 1.165) is 17.7 Å². The number of hydrogen-bond donors (Lipinski definition) is 2. The molecule has 6 heteroatoms. The van der Waals surface area contributed by atoms with Crippen LogP contribution < -0.4 is 0 Å². The molecule has 2 aromatic carbocycles. The third-order valence-electron chi connectivity index (χ3n) is 3.03. The molecule has 0 aliphatic rings. The van der Waals surface area contributed by atoms with E-state index < -0.39 is 27.1 Å². The van der Waals surface area contributed by atoms with Crippen molar-refractivity contribution in [2.24, 2.45) is 0 Å². The fourth-order valence-electron chi connectivity index (χ4n) is 1.87. The Morgan fingerprint density at radius 1 is 1.10 bits per heavy atom. The molecule has 0 aliphatic heterocycles. The van der Waals surface area contributed by atoms with Gasteiger partial charge in [-0.05, 0) is 30.7 Å². The van der Waals surface area contributed by atoms with E-state index in [-0.39, 0.29) is 10.6 Å². The summed E-state index contributed by atoms with van der Waals surface area (Å²) in [5, 5.41) is 18.3. The molecule has 0 fully saturated rings. The highest BCUT2D eigenvalue weighted by molar-refractivity contribution is 7.90. The highest BCUT2D eigenvalue weighted by Crippen LogP contribution is 2.24. The normalized spacial score (nSPS) is 11.3. The number of aryl methyl sites for hydroxylation is 1. The van der Waals surface area contributed by atoms with Crippen LogP contribution in [-0.4, -0.2) is 24.6 Å². The van der Waals surface area contributed by atoms with Gasteiger partial charge in [-0.25, -0.2) is 13.2 Å². The molecule has 0 saturated carbocycles. The molecule has 0 saturated heterocycles. The number of sulfone groups is 1. The molecule has 2 aromatic rings. The number of aromatic hydroxyl groups is 1. The second kappa shape index (κ2) is 5.57. The first-order valence-corrected chi connectivity index (χ1v) is 7.79. The first kappa shape index (κ1) is 15.1. The lowest BCUT2D eigenvalue weighted by Gasteiger charge is -2.07. The van der Waals surface area contributed by atoms with Crippen LogP contribution in [-0.2, 0) is 15.6 Å². The van der Waals surface area contributed by atoms with Crippen molar-refractivity contribution in [3.05, 3.63) is 59.2 Å². The number of aromatic carboxylic acids is 1. The number of rotatable bonds is 4. The molecule has 0 aromatic heterocycles. The van der Waals surface area contributed by atoms with Crippen molar-refractivity contribution < 1.29 is 23.4 Å². The molecule has 21 heavy (non-hydrogen) atoms. The summed E-state index contributed by atoms with van der Waals surface area (Å²) in [4.78, 5) is 10.8. The van der Waals surface area contributed by atoms with Crippen molar-refractivity contribution in [2.75, 3.05) is 0 Å². The Kier molecular flexibility index (Phi) is 3.99. The van der Waals surface area contributed by atoms with Crippen LogP contribution in [0.25, 0.3) is 0 Å². The fraction of sp³-hybridized carbons (Fsp3) is 0.133. The maximum absolute atomic E-state index is 12.3. The van der Waals surface area contributed by atoms with Crippen molar-refractivity contribution in [3.8, 4) is 5.75 Å². The van der Waals surface area contributed by atoms with E-state index in [2.05, 4.69) is 0 Å². The molecular formula is C15H14O5S. The lowest BCUT2D eigenvalue weighted by atomic mass is 10.2. The summed E-state index contributed by atoms with van der Waals surface area (Å²) in [7, 11) is -3.67. The van der Waals surface area contributed by atoms with Crippen molar-refractivity contribution >= 4 is 15.8 Å². The van der Waals surface area contributed by atoms with E-state index in [9.17, 15) is 18.3 Å². The van der Waals surface area contributed by atoms with Gasteiger partial charge < -0.3 is 10.2 Å². The molecule has 2 N–H and O–H groups in total. The SMILES string of the molecule is Cc1ccc(CS(=O)(=O)c2ccc(O)c(C(=O)O)c2)cc1. The summed E-state index contributed by atoms with van der Waals surface area (Å²) in [5.74, 6) is -2.06. The van der Waals surface area contributed by atoms with Crippen LogP contribution in [0.4, 0.5) is 0 Å². The number of benzene rings is 2. The maximum atomic E-state index is 12.3. The monoisotopic (exact) mass is 306 g/mol. The summed E-state index contributed by atoms with van der Waals surface area (Å²) < 4.78 is 24.6. The Bertz CT molecular complexity index is 776. The molecule has 0 aliphatic carbocycles. The molecule has 5 nitrogen and oxygen atoms in total. The average molecular weight is 306 g/mol. The Morgan fingerprint density at radius 3 is 2.29 bits per heavy atom. The van der Waals surface area contributed by atoms with Crippen molar-refractivity contribution in [2.45, 2.75) is 17.6 Å². The standard InChI is InChI=1S/C15H14O5S/c1-10-2-4-11(5-3-10)9-21(19,20)12-6-7-14(16)13(8-12)15(17)18/h2-8,16H,9H2,1H3,(H,17,18). The molecular weight excluding hydrogens is 292 g/mol. The predicted molar refractivity (Wildman–Crippen MR) is 77.1 cm³/mol. The number of phenols is 1. The smallest absolute Gasteiger partial charge is 0.339 e. The molecule has 0 radical (unpaired) electrons. The van der Waals surface area contributed by atoms with Crippen molar-refractivity contribution in [1.29, 1.82) is 0 Å². The van der Waals surface area contributed by atoms with Crippen LogP contribution in [0.3, 0.4) is 0 Å². The highest BCUT2D eigenvalue weighted by atomic mass is 32.2. The summed E-state index contributed by atoms with van der Waals surface area (Å²) in [6, 6.07) is 10.3. The van der Waals surface area contributed by atoms with E-state index in [4.69, 9.17) is 5.11 Å². The molecule has 0 heterocycles. The largest absolute Gasteiger partial charge is 0.507 e. The zero-order chi connectivity index (χ0) is 15.6. The number of carboxylic acids is 1. The summed E-state index contributed by atoms with van der Waals surface area (Å²) in [5.41, 5.74) is 1.21. The number of hydrogen-bond acceptors (Lipinski definition) is 4. The Morgan fingerprint density at radius 2 is 1.71 bits per heavy atom. The first-order valence-electron chi connectivity index (χ1n) is 6.14. The van der Waals surface area contributed by atoms with Gasteiger partial charge in [0, 0.05) is 0 Å². The third kappa shape index (κ3) is 3.41. The van der Waals surface area contributed by atoms with Crippen LogP contribution in [0.5, 0.6) is 5.75 Å². The highest BCUT2D eigenvalue weighted by Gasteiger charge is 2.19. The fourth-order valence-corrected chi connectivity index (χ4v) is 3.24. The maximum Gasteiger partial charge on any atom is 0.339 e. The topological polar surface area (TPSA) is 91.7 Å². The Hall–Kier alpha value is -2.34. The summed E-state index contributed by atoms with van der Waals surface area (Å²) in [6.45, 7) is 1.90. The first-order chi connectivity index (χ1) is 9.79. The minimum Gasteiger partial charge on any atom is -0.507 e. The van der Waals surface area contributed by atoms with Gasteiger partial charge >= 0.3 is 5.97 Å². The van der Waals surface area contributed by atoms with Crippen LogP contribution in [0.2, 0.25) is 0 Å².